The zero-order valence-corrected chi connectivity index (χ0v) is 7.85. The average Bonchev–Trinajstić information content (AvgIpc) is 2.26. The smallest absolute Gasteiger partial charge is 0.0346 e. The van der Waals surface area contributed by atoms with Crippen LogP contribution in [-0.4, -0.2) is 11.5 Å². The summed E-state index contributed by atoms with van der Waals surface area (Å²) in [4.78, 5) is 4.07. The first-order chi connectivity index (χ1) is 6.90. The van der Waals surface area contributed by atoms with E-state index in [1.165, 1.54) is 10.9 Å². The molecule has 0 unspecified atom stereocenters. The first-order valence-corrected chi connectivity index (χ1v) is 4.60. The fourth-order valence-corrected chi connectivity index (χ4v) is 1.41. The van der Waals surface area contributed by atoms with E-state index in [0.717, 1.165) is 5.39 Å². The van der Waals surface area contributed by atoms with Gasteiger partial charge < -0.3 is 5.73 Å². The molecule has 1 aromatic heterocycles. The molecular weight excluding hydrogens is 172 g/mol. The number of hydrogen-bond acceptors (Lipinski definition) is 2. The lowest BCUT2D eigenvalue weighted by Crippen LogP contribution is -1.91. The first kappa shape index (κ1) is 8.91. The van der Waals surface area contributed by atoms with Gasteiger partial charge in [-0.1, -0.05) is 24.3 Å². The molecule has 0 aliphatic heterocycles. The summed E-state index contributed by atoms with van der Waals surface area (Å²) in [5, 5.41) is 2.37. The fourth-order valence-electron chi connectivity index (χ4n) is 1.41. The van der Waals surface area contributed by atoms with Crippen LogP contribution < -0.4 is 5.73 Å². The van der Waals surface area contributed by atoms with Crippen LogP contribution >= 0.6 is 0 Å². The monoisotopic (exact) mass is 184 g/mol. The van der Waals surface area contributed by atoms with Crippen molar-refractivity contribution >= 4 is 16.8 Å². The molecule has 2 aromatic rings. The van der Waals surface area contributed by atoms with Gasteiger partial charge in [0.1, 0.15) is 0 Å². The van der Waals surface area contributed by atoms with E-state index in [0.29, 0.717) is 6.54 Å². The fraction of sp³-hybridized carbons (Fsp3) is 0.0833. The van der Waals surface area contributed by atoms with Gasteiger partial charge >= 0.3 is 0 Å². The summed E-state index contributed by atoms with van der Waals surface area (Å²) in [7, 11) is 0. The van der Waals surface area contributed by atoms with Gasteiger partial charge in [-0.3, -0.25) is 4.98 Å². The lowest BCUT2D eigenvalue weighted by atomic mass is 10.1. The Balaban J connectivity index is 2.46. The van der Waals surface area contributed by atoms with E-state index in [-0.39, 0.29) is 0 Å². The van der Waals surface area contributed by atoms with Gasteiger partial charge in [0.15, 0.2) is 0 Å². The number of hydrogen-bond donors (Lipinski definition) is 1. The minimum Gasteiger partial charge on any atom is -0.327 e. The van der Waals surface area contributed by atoms with Crippen LogP contribution in [0.25, 0.3) is 16.8 Å². The largest absolute Gasteiger partial charge is 0.327 e. The van der Waals surface area contributed by atoms with E-state index < -0.39 is 0 Å². The van der Waals surface area contributed by atoms with Crippen LogP contribution in [-0.2, 0) is 0 Å². The zero-order chi connectivity index (χ0) is 9.80. The number of pyridine rings is 1. The maximum Gasteiger partial charge on any atom is 0.0346 e. The van der Waals surface area contributed by atoms with Crippen LogP contribution in [0.5, 0.6) is 0 Å². The van der Waals surface area contributed by atoms with Crippen molar-refractivity contribution < 1.29 is 0 Å². The van der Waals surface area contributed by atoms with E-state index in [1.807, 2.05) is 24.4 Å². The van der Waals surface area contributed by atoms with Crippen molar-refractivity contribution in [2.75, 3.05) is 6.54 Å². The topological polar surface area (TPSA) is 38.9 Å². The summed E-state index contributed by atoms with van der Waals surface area (Å²) in [5.74, 6) is 0. The summed E-state index contributed by atoms with van der Waals surface area (Å²) < 4.78 is 0. The average molecular weight is 184 g/mol. The lowest BCUT2D eigenvalue weighted by molar-refractivity contribution is 1.26. The number of fused-ring (bicyclic) bond motifs is 1. The number of aromatic nitrogens is 1. The normalized spacial score (nSPS) is 11.2. The van der Waals surface area contributed by atoms with E-state index in [4.69, 9.17) is 5.73 Å². The molecule has 0 aliphatic carbocycles. The second-order valence-electron chi connectivity index (χ2n) is 3.12. The molecule has 2 rings (SSSR count). The van der Waals surface area contributed by atoms with Crippen molar-refractivity contribution in [1.29, 1.82) is 0 Å². The molecule has 1 heterocycles. The molecular formula is C12H12N2. The van der Waals surface area contributed by atoms with Gasteiger partial charge in [-0.15, -0.1) is 0 Å². The number of nitrogens with zero attached hydrogens (tertiary/aromatic N) is 1. The summed E-state index contributed by atoms with van der Waals surface area (Å²) in [6, 6.07) is 8.27. The van der Waals surface area contributed by atoms with Crippen molar-refractivity contribution in [1.82, 2.24) is 4.98 Å². The predicted molar refractivity (Wildman–Crippen MR) is 59.8 cm³/mol. The molecule has 0 saturated carbocycles. The van der Waals surface area contributed by atoms with E-state index >= 15 is 0 Å². The second-order valence-corrected chi connectivity index (χ2v) is 3.12. The third-order valence-electron chi connectivity index (χ3n) is 2.11. The van der Waals surface area contributed by atoms with Gasteiger partial charge in [-0.2, -0.15) is 0 Å². The summed E-state index contributed by atoms with van der Waals surface area (Å²) in [6.07, 6.45) is 7.65. The second kappa shape index (κ2) is 4.03. The molecule has 0 bridgehead atoms. The van der Waals surface area contributed by atoms with Crippen molar-refractivity contribution in [2.24, 2.45) is 5.73 Å². The van der Waals surface area contributed by atoms with Crippen LogP contribution in [0.15, 0.2) is 42.7 Å². The van der Waals surface area contributed by atoms with Crippen molar-refractivity contribution in [3.63, 3.8) is 0 Å². The van der Waals surface area contributed by atoms with E-state index in [1.54, 1.807) is 6.20 Å². The van der Waals surface area contributed by atoms with Gasteiger partial charge in [0.25, 0.3) is 0 Å². The van der Waals surface area contributed by atoms with Crippen LogP contribution in [0.3, 0.4) is 0 Å². The molecule has 70 valence electrons. The highest BCUT2D eigenvalue weighted by molar-refractivity contribution is 5.83. The van der Waals surface area contributed by atoms with Gasteiger partial charge in [0.2, 0.25) is 0 Å². The zero-order valence-electron chi connectivity index (χ0n) is 7.85. The Labute approximate surface area is 83.1 Å². The number of benzene rings is 1. The minimum absolute atomic E-state index is 0.578. The lowest BCUT2D eigenvalue weighted by Gasteiger charge is -1.98. The molecule has 0 spiro atoms. The maximum absolute atomic E-state index is 5.39. The number of nitrogens with two attached hydrogens (primary N) is 1. The SMILES string of the molecule is NCC=Cc1ccc2cnccc2c1. The molecule has 0 fully saturated rings. The Morgan fingerprint density at radius 2 is 2.14 bits per heavy atom. The van der Waals surface area contributed by atoms with Gasteiger partial charge in [0, 0.05) is 24.3 Å². The third-order valence-corrected chi connectivity index (χ3v) is 2.11. The van der Waals surface area contributed by atoms with Crippen LogP contribution in [0.1, 0.15) is 5.56 Å². The standard InChI is InChI=1S/C12H12N2/c13-6-1-2-10-3-4-12-9-14-7-5-11(12)8-10/h1-5,7-9H,6,13H2. The molecule has 14 heavy (non-hydrogen) atoms. The Morgan fingerprint density at radius 1 is 1.21 bits per heavy atom. The van der Waals surface area contributed by atoms with Gasteiger partial charge in [-0.25, -0.2) is 0 Å². The number of rotatable bonds is 2. The quantitative estimate of drug-likeness (QED) is 0.777. The van der Waals surface area contributed by atoms with Gasteiger partial charge in [-0.05, 0) is 23.1 Å². The van der Waals surface area contributed by atoms with Crippen LogP contribution in [0.4, 0.5) is 0 Å². The highest BCUT2D eigenvalue weighted by atomic mass is 14.6. The Hall–Kier alpha value is -1.67. The summed E-state index contributed by atoms with van der Waals surface area (Å²) in [6.45, 7) is 0.578. The van der Waals surface area contributed by atoms with E-state index in [2.05, 4.69) is 23.2 Å². The Kier molecular flexibility index (Phi) is 2.56. The molecule has 2 nitrogen and oxygen atoms in total. The third kappa shape index (κ3) is 1.80. The maximum atomic E-state index is 5.39. The van der Waals surface area contributed by atoms with Crippen molar-refractivity contribution in [3.05, 3.63) is 48.3 Å². The molecule has 0 saturated heterocycles. The molecule has 0 amide bonds. The van der Waals surface area contributed by atoms with Crippen molar-refractivity contribution in [2.45, 2.75) is 0 Å². The molecule has 2 N–H and O–H groups in total. The Bertz CT molecular complexity index is 461. The predicted octanol–water partition coefficient (Wildman–Crippen LogP) is 2.21. The van der Waals surface area contributed by atoms with Crippen molar-refractivity contribution in [3.8, 4) is 0 Å². The summed E-state index contributed by atoms with van der Waals surface area (Å²) in [5.41, 5.74) is 6.57. The van der Waals surface area contributed by atoms with Crippen LogP contribution in [0.2, 0.25) is 0 Å². The molecule has 0 atom stereocenters. The molecule has 0 aliphatic rings. The van der Waals surface area contributed by atoms with Crippen LogP contribution in [0, 0.1) is 0 Å². The molecule has 1 aromatic carbocycles. The highest BCUT2D eigenvalue weighted by Gasteiger charge is 1.92. The highest BCUT2D eigenvalue weighted by Crippen LogP contribution is 2.15. The summed E-state index contributed by atoms with van der Waals surface area (Å²) >= 11 is 0. The minimum atomic E-state index is 0.578. The molecule has 2 heteroatoms. The first-order valence-electron chi connectivity index (χ1n) is 4.60. The Morgan fingerprint density at radius 3 is 3.00 bits per heavy atom. The molecule has 0 radical (unpaired) electrons. The van der Waals surface area contributed by atoms with Gasteiger partial charge in [0.05, 0.1) is 0 Å². The van der Waals surface area contributed by atoms with E-state index in [9.17, 15) is 0 Å².